The van der Waals surface area contributed by atoms with Crippen molar-refractivity contribution >= 4 is 0 Å². The van der Waals surface area contributed by atoms with Gasteiger partial charge in [-0.25, -0.2) is 0 Å². The van der Waals surface area contributed by atoms with E-state index in [9.17, 15) is 5.11 Å². The van der Waals surface area contributed by atoms with E-state index >= 15 is 0 Å². The summed E-state index contributed by atoms with van der Waals surface area (Å²) in [4.78, 5) is 4.74. The zero-order chi connectivity index (χ0) is 15.8. The SMILES string of the molecule is CCN1CCN(CC(O)COCc2ccccc2OC)CC1. The van der Waals surface area contributed by atoms with E-state index in [1.54, 1.807) is 7.11 Å². The molecule has 1 unspecified atom stereocenters. The van der Waals surface area contributed by atoms with Crippen molar-refractivity contribution in [1.82, 2.24) is 9.80 Å². The van der Waals surface area contributed by atoms with Crippen molar-refractivity contribution in [3.63, 3.8) is 0 Å². The first-order chi connectivity index (χ1) is 10.7. The van der Waals surface area contributed by atoms with Gasteiger partial charge < -0.3 is 19.5 Å². The van der Waals surface area contributed by atoms with Gasteiger partial charge in [-0.3, -0.25) is 4.90 Å². The number of hydrogen-bond acceptors (Lipinski definition) is 5. The van der Waals surface area contributed by atoms with Gasteiger partial charge in [0, 0.05) is 38.3 Å². The third-order valence-electron chi connectivity index (χ3n) is 4.14. The van der Waals surface area contributed by atoms with Crippen molar-refractivity contribution in [2.24, 2.45) is 0 Å². The van der Waals surface area contributed by atoms with Crippen LogP contribution in [-0.4, -0.2) is 74.0 Å². The molecule has 1 aromatic rings. The Morgan fingerprint density at radius 3 is 2.50 bits per heavy atom. The maximum atomic E-state index is 10.1. The first-order valence-corrected chi connectivity index (χ1v) is 8.05. The van der Waals surface area contributed by atoms with E-state index in [4.69, 9.17) is 9.47 Å². The Bertz CT molecular complexity index is 434. The number of methoxy groups -OCH3 is 1. The highest BCUT2D eigenvalue weighted by atomic mass is 16.5. The minimum atomic E-state index is -0.442. The van der Waals surface area contributed by atoms with Gasteiger partial charge in [0.2, 0.25) is 0 Å². The number of hydrogen-bond donors (Lipinski definition) is 1. The second-order valence-corrected chi connectivity index (χ2v) is 5.72. The fourth-order valence-electron chi connectivity index (χ4n) is 2.77. The molecular formula is C17H28N2O3. The molecule has 2 rings (SSSR count). The smallest absolute Gasteiger partial charge is 0.124 e. The zero-order valence-corrected chi connectivity index (χ0v) is 13.7. The molecule has 1 saturated heterocycles. The van der Waals surface area contributed by atoms with E-state index in [0.717, 1.165) is 44.0 Å². The normalized spacial score (nSPS) is 18.3. The molecule has 1 heterocycles. The predicted octanol–water partition coefficient (Wildman–Crippen LogP) is 1.21. The Labute approximate surface area is 133 Å². The van der Waals surface area contributed by atoms with Crippen LogP contribution in [0.4, 0.5) is 0 Å². The van der Waals surface area contributed by atoms with Crippen LogP contribution in [0, 0.1) is 0 Å². The summed E-state index contributed by atoms with van der Waals surface area (Å²) in [5, 5.41) is 10.1. The first-order valence-electron chi connectivity index (χ1n) is 8.05. The highest BCUT2D eigenvalue weighted by molar-refractivity contribution is 5.32. The monoisotopic (exact) mass is 308 g/mol. The van der Waals surface area contributed by atoms with E-state index in [-0.39, 0.29) is 0 Å². The van der Waals surface area contributed by atoms with Crippen LogP contribution in [0.3, 0.4) is 0 Å². The van der Waals surface area contributed by atoms with Crippen LogP contribution in [0.5, 0.6) is 5.75 Å². The van der Waals surface area contributed by atoms with Gasteiger partial charge in [-0.2, -0.15) is 0 Å². The summed E-state index contributed by atoms with van der Waals surface area (Å²) < 4.78 is 10.9. The van der Waals surface area contributed by atoms with Crippen LogP contribution in [-0.2, 0) is 11.3 Å². The molecule has 0 amide bonds. The lowest BCUT2D eigenvalue weighted by Gasteiger charge is -2.34. The number of likely N-dealkylation sites (N-methyl/N-ethyl adjacent to an activating group) is 1. The Hall–Kier alpha value is -1.14. The highest BCUT2D eigenvalue weighted by Gasteiger charge is 2.18. The number of benzene rings is 1. The molecule has 1 N–H and O–H groups in total. The van der Waals surface area contributed by atoms with E-state index in [2.05, 4.69) is 16.7 Å². The highest BCUT2D eigenvalue weighted by Crippen LogP contribution is 2.18. The average molecular weight is 308 g/mol. The van der Waals surface area contributed by atoms with Gasteiger partial charge in [-0.05, 0) is 12.6 Å². The Kier molecular flexibility index (Phi) is 7.12. The van der Waals surface area contributed by atoms with E-state index in [1.807, 2.05) is 24.3 Å². The van der Waals surface area contributed by atoms with Crippen LogP contribution in [0.1, 0.15) is 12.5 Å². The third kappa shape index (κ3) is 5.25. The summed E-state index contributed by atoms with van der Waals surface area (Å²) in [7, 11) is 1.66. The summed E-state index contributed by atoms with van der Waals surface area (Å²) in [5.74, 6) is 0.827. The number of rotatable bonds is 8. The van der Waals surface area contributed by atoms with E-state index < -0.39 is 6.10 Å². The summed E-state index contributed by atoms with van der Waals surface area (Å²) in [6, 6.07) is 7.80. The quantitative estimate of drug-likeness (QED) is 0.782. The molecule has 0 aromatic heterocycles. The molecule has 1 fully saturated rings. The molecule has 0 bridgehead atoms. The second kappa shape index (κ2) is 9.10. The summed E-state index contributed by atoms with van der Waals surface area (Å²) in [6.07, 6.45) is -0.442. The third-order valence-corrected chi connectivity index (χ3v) is 4.14. The minimum Gasteiger partial charge on any atom is -0.496 e. The molecule has 124 valence electrons. The number of nitrogens with zero attached hydrogens (tertiary/aromatic N) is 2. The van der Waals surface area contributed by atoms with Crippen molar-refractivity contribution in [3.05, 3.63) is 29.8 Å². The van der Waals surface area contributed by atoms with Crippen LogP contribution in [0.15, 0.2) is 24.3 Å². The van der Waals surface area contributed by atoms with Crippen LogP contribution >= 0.6 is 0 Å². The zero-order valence-electron chi connectivity index (χ0n) is 13.7. The van der Waals surface area contributed by atoms with Gasteiger partial charge in [0.15, 0.2) is 0 Å². The van der Waals surface area contributed by atoms with Crippen molar-refractivity contribution < 1.29 is 14.6 Å². The first kappa shape index (κ1) is 17.2. The molecule has 0 spiro atoms. The van der Waals surface area contributed by atoms with Gasteiger partial charge in [0.1, 0.15) is 5.75 Å². The van der Waals surface area contributed by atoms with Crippen LogP contribution in [0.25, 0.3) is 0 Å². The lowest BCUT2D eigenvalue weighted by Crippen LogP contribution is -2.48. The summed E-state index contributed by atoms with van der Waals surface area (Å²) in [5.41, 5.74) is 1.01. The van der Waals surface area contributed by atoms with Crippen LogP contribution < -0.4 is 4.74 Å². The number of aliphatic hydroxyl groups is 1. The van der Waals surface area contributed by atoms with Gasteiger partial charge in [-0.15, -0.1) is 0 Å². The summed E-state index contributed by atoms with van der Waals surface area (Å²) in [6.45, 7) is 9.03. The molecule has 0 radical (unpaired) electrons. The minimum absolute atomic E-state index is 0.353. The fourth-order valence-corrected chi connectivity index (χ4v) is 2.77. The standard InChI is InChI=1S/C17H28N2O3/c1-3-18-8-10-19(11-9-18)12-16(20)14-22-13-15-6-4-5-7-17(15)21-2/h4-7,16,20H,3,8-14H2,1-2H3. The molecule has 1 aromatic carbocycles. The number of β-amino-alcohol motifs (C(OH)–C–C–N with tert-alkyl or cyclic N) is 1. The number of para-hydroxylation sites is 1. The Balaban J connectivity index is 1.66. The summed E-state index contributed by atoms with van der Waals surface area (Å²) >= 11 is 0. The van der Waals surface area contributed by atoms with Gasteiger partial charge in [0.05, 0.1) is 26.4 Å². The molecule has 5 nitrogen and oxygen atoms in total. The predicted molar refractivity (Wildman–Crippen MR) is 87.2 cm³/mol. The number of piperazine rings is 1. The number of ether oxygens (including phenoxy) is 2. The maximum Gasteiger partial charge on any atom is 0.124 e. The van der Waals surface area contributed by atoms with Crippen molar-refractivity contribution in [1.29, 1.82) is 0 Å². The Morgan fingerprint density at radius 1 is 1.14 bits per heavy atom. The largest absolute Gasteiger partial charge is 0.496 e. The molecule has 0 aliphatic carbocycles. The lowest BCUT2D eigenvalue weighted by atomic mass is 10.2. The number of aliphatic hydroxyl groups excluding tert-OH is 1. The molecule has 1 aliphatic rings. The van der Waals surface area contributed by atoms with Crippen molar-refractivity contribution in [3.8, 4) is 5.75 Å². The molecule has 1 atom stereocenters. The molecule has 5 heteroatoms. The van der Waals surface area contributed by atoms with Gasteiger partial charge >= 0.3 is 0 Å². The van der Waals surface area contributed by atoms with E-state index in [0.29, 0.717) is 19.8 Å². The van der Waals surface area contributed by atoms with Crippen molar-refractivity contribution in [2.75, 3.05) is 53.0 Å². The molecular weight excluding hydrogens is 280 g/mol. The second-order valence-electron chi connectivity index (χ2n) is 5.72. The topological polar surface area (TPSA) is 45.2 Å². The Morgan fingerprint density at radius 2 is 1.82 bits per heavy atom. The van der Waals surface area contributed by atoms with Gasteiger partial charge in [0.25, 0.3) is 0 Å². The van der Waals surface area contributed by atoms with Gasteiger partial charge in [-0.1, -0.05) is 25.1 Å². The maximum absolute atomic E-state index is 10.1. The average Bonchev–Trinajstić information content (AvgIpc) is 2.56. The van der Waals surface area contributed by atoms with E-state index in [1.165, 1.54) is 0 Å². The van der Waals surface area contributed by atoms with Crippen LogP contribution in [0.2, 0.25) is 0 Å². The van der Waals surface area contributed by atoms with Crippen molar-refractivity contribution in [2.45, 2.75) is 19.6 Å². The lowest BCUT2D eigenvalue weighted by molar-refractivity contribution is 0.00137. The molecule has 1 aliphatic heterocycles. The molecule has 0 saturated carbocycles. The fraction of sp³-hybridized carbons (Fsp3) is 0.647. The molecule has 22 heavy (non-hydrogen) atoms.